The van der Waals surface area contributed by atoms with Crippen LogP contribution < -0.4 is 0 Å². The van der Waals surface area contributed by atoms with Gasteiger partial charge in [-0.1, -0.05) is 42.0 Å². The van der Waals surface area contributed by atoms with Crippen LogP contribution in [0.2, 0.25) is 0 Å². The second-order valence-electron chi connectivity index (χ2n) is 5.95. The number of rotatable bonds is 2. The number of carboxylic acid groups (broad SMARTS) is 1. The van der Waals surface area contributed by atoms with Crippen LogP contribution >= 0.6 is 0 Å². The van der Waals surface area contributed by atoms with Crippen molar-refractivity contribution in [3.8, 4) is 0 Å². The van der Waals surface area contributed by atoms with Gasteiger partial charge in [-0.3, -0.25) is 0 Å². The first kappa shape index (κ1) is 14.0. The minimum Gasteiger partial charge on any atom is -0.479 e. The summed E-state index contributed by atoms with van der Waals surface area (Å²) in [4.78, 5) is 11.8. The Hall–Kier alpha value is -1.91. The third kappa shape index (κ3) is 2.20. The van der Waals surface area contributed by atoms with E-state index in [2.05, 4.69) is 0 Å². The molecule has 0 spiro atoms. The summed E-state index contributed by atoms with van der Waals surface area (Å²) in [5.74, 6) is -1.98. The monoisotopic (exact) mass is 286 g/mol. The molecule has 1 N–H and O–H groups in total. The SMILES string of the molecule is Cc1ccc(C2=CC=C[C@]3(C(=O)O)OC(C)(C)O[C@H]23)cc1. The molecule has 0 amide bonds. The zero-order valence-corrected chi connectivity index (χ0v) is 12.3. The fourth-order valence-electron chi connectivity index (χ4n) is 2.87. The number of aryl methyl sites for hydroxylation is 1. The number of hydrogen-bond acceptors (Lipinski definition) is 3. The average molecular weight is 286 g/mol. The number of allylic oxidation sites excluding steroid dienone is 2. The summed E-state index contributed by atoms with van der Waals surface area (Å²) >= 11 is 0. The Bertz CT molecular complexity index is 639. The number of carboxylic acids is 1. The maximum absolute atomic E-state index is 11.8. The summed E-state index contributed by atoms with van der Waals surface area (Å²) in [6.07, 6.45) is 4.52. The van der Waals surface area contributed by atoms with Crippen LogP contribution in [0.4, 0.5) is 0 Å². The van der Waals surface area contributed by atoms with Crippen molar-refractivity contribution in [2.45, 2.75) is 38.3 Å². The summed E-state index contributed by atoms with van der Waals surface area (Å²) < 4.78 is 11.6. The summed E-state index contributed by atoms with van der Waals surface area (Å²) in [6.45, 7) is 5.48. The van der Waals surface area contributed by atoms with Crippen LogP contribution in [0.3, 0.4) is 0 Å². The number of benzene rings is 1. The molecule has 4 nitrogen and oxygen atoms in total. The van der Waals surface area contributed by atoms with E-state index in [0.717, 1.165) is 16.7 Å². The average Bonchev–Trinajstić information content (AvgIpc) is 2.71. The lowest BCUT2D eigenvalue weighted by molar-refractivity contribution is -0.177. The van der Waals surface area contributed by atoms with Crippen molar-refractivity contribution in [3.63, 3.8) is 0 Å². The third-order valence-corrected chi connectivity index (χ3v) is 3.83. The first-order valence-electron chi connectivity index (χ1n) is 6.92. The summed E-state index contributed by atoms with van der Waals surface area (Å²) in [7, 11) is 0. The van der Waals surface area contributed by atoms with Gasteiger partial charge in [0.05, 0.1) is 0 Å². The van der Waals surface area contributed by atoms with Crippen LogP contribution in [-0.2, 0) is 14.3 Å². The minimum atomic E-state index is -1.46. The van der Waals surface area contributed by atoms with Gasteiger partial charge in [-0.25, -0.2) is 4.79 Å². The van der Waals surface area contributed by atoms with Gasteiger partial charge in [-0.2, -0.15) is 0 Å². The van der Waals surface area contributed by atoms with Crippen LogP contribution in [0.5, 0.6) is 0 Å². The summed E-state index contributed by atoms with van der Waals surface area (Å²) in [5.41, 5.74) is 1.46. The molecule has 1 saturated heterocycles. The van der Waals surface area contributed by atoms with E-state index in [-0.39, 0.29) is 0 Å². The van der Waals surface area contributed by atoms with Crippen molar-refractivity contribution in [2.75, 3.05) is 0 Å². The second kappa shape index (κ2) is 4.55. The molecule has 21 heavy (non-hydrogen) atoms. The molecule has 0 saturated carbocycles. The van der Waals surface area contributed by atoms with Gasteiger partial charge in [0.15, 0.2) is 5.79 Å². The predicted octanol–water partition coefficient (Wildman–Crippen LogP) is 2.92. The fraction of sp³-hybridized carbons (Fsp3) is 0.353. The van der Waals surface area contributed by atoms with Gasteiger partial charge in [-0.05, 0) is 38.0 Å². The second-order valence-corrected chi connectivity index (χ2v) is 5.95. The first-order valence-corrected chi connectivity index (χ1v) is 6.92. The zero-order valence-electron chi connectivity index (χ0n) is 12.3. The molecule has 0 radical (unpaired) electrons. The van der Waals surface area contributed by atoms with Crippen LogP contribution in [0.25, 0.3) is 5.57 Å². The van der Waals surface area contributed by atoms with Crippen molar-refractivity contribution >= 4 is 11.5 Å². The van der Waals surface area contributed by atoms with Crippen LogP contribution in [0.1, 0.15) is 25.0 Å². The zero-order chi connectivity index (χ0) is 15.3. The quantitative estimate of drug-likeness (QED) is 0.908. The third-order valence-electron chi connectivity index (χ3n) is 3.83. The molecule has 1 aromatic rings. The molecule has 0 unspecified atom stereocenters. The molecule has 2 aliphatic rings. The molecule has 1 heterocycles. The lowest BCUT2D eigenvalue weighted by atomic mass is 9.83. The Morgan fingerprint density at radius 1 is 1.24 bits per heavy atom. The molecule has 2 atom stereocenters. The standard InChI is InChI=1S/C17H18O4/c1-11-6-8-12(9-7-11)13-5-4-10-17(15(18)19)14(13)20-16(2,3)21-17/h4-10,14H,1-3H3,(H,18,19)/t14-,17+/m1/s1. The Kier molecular flexibility index (Phi) is 3.04. The Morgan fingerprint density at radius 2 is 1.90 bits per heavy atom. The summed E-state index contributed by atoms with van der Waals surface area (Å²) in [5, 5.41) is 9.66. The number of aliphatic carboxylic acids is 1. The predicted molar refractivity (Wildman–Crippen MR) is 78.7 cm³/mol. The number of hydrogen-bond donors (Lipinski definition) is 1. The molecule has 1 fully saturated rings. The van der Waals surface area contributed by atoms with E-state index in [4.69, 9.17) is 9.47 Å². The lowest BCUT2D eigenvalue weighted by Crippen LogP contribution is -2.47. The Labute approximate surface area is 123 Å². The van der Waals surface area contributed by atoms with Gasteiger partial charge in [0.2, 0.25) is 5.60 Å². The fourth-order valence-corrected chi connectivity index (χ4v) is 2.87. The van der Waals surface area contributed by atoms with Crippen LogP contribution in [0, 0.1) is 6.92 Å². The van der Waals surface area contributed by atoms with Crippen LogP contribution in [0.15, 0.2) is 42.5 Å². The van der Waals surface area contributed by atoms with E-state index in [0.29, 0.717) is 0 Å². The smallest absolute Gasteiger partial charge is 0.343 e. The molecule has 110 valence electrons. The first-order chi connectivity index (χ1) is 9.84. The van der Waals surface area contributed by atoms with E-state index in [1.165, 1.54) is 0 Å². The minimum absolute atomic E-state index is 0.655. The van der Waals surface area contributed by atoms with Crippen molar-refractivity contribution < 1.29 is 19.4 Å². The topological polar surface area (TPSA) is 55.8 Å². The molecule has 0 aromatic heterocycles. The summed E-state index contributed by atoms with van der Waals surface area (Å²) in [6, 6.07) is 7.94. The number of fused-ring (bicyclic) bond motifs is 1. The van der Waals surface area contributed by atoms with Crippen molar-refractivity contribution in [3.05, 3.63) is 53.6 Å². The van der Waals surface area contributed by atoms with Gasteiger partial charge in [0.1, 0.15) is 6.10 Å². The molecule has 0 bridgehead atoms. The Balaban J connectivity index is 2.08. The molecule has 1 aliphatic heterocycles. The van der Waals surface area contributed by atoms with Crippen molar-refractivity contribution in [2.24, 2.45) is 0 Å². The van der Waals surface area contributed by atoms with Gasteiger partial charge in [-0.15, -0.1) is 0 Å². The lowest BCUT2D eigenvalue weighted by Gasteiger charge is -2.29. The highest BCUT2D eigenvalue weighted by Crippen LogP contribution is 2.45. The number of carbonyl (C=O) groups is 1. The van der Waals surface area contributed by atoms with E-state index in [9.17, 15) is 9.90 Å². The largest absolute Gasteiger partial charge is 0.479 e. The van der Waals surface area contributed by atoms with E-state index < -0.39 is 23.5 Å². The Morgan fingerprint density at radius 3 is 2.52 bits per heavy atom. The maximum Gasteiger partial charge on any atom is 0.343 e. The molecule has 1 aromatic carbocycles. The van der Waals surface area contributed by atoms with E-state index in [1.54, 1.807) is 26.0 Å². The van der Waals surface area contributed by atoms with Gasteiger partial charge < -0.3 is 14.6 Å². The van der Waals surface area contributed by atoms with Gasteiger partial charge in [0, 0.05) is 0 Å². The molecule has 3 rings (SSSR count). The highest BCUT2D eigenvalue weighted by atomic mass is 16.8. The molecular formula is C17H18O4. The van der Waals surface area contributed by atoms with Gasteiger partial charge in [0.25, 0.3) is 0 Å². The maximum atomic E-state index is 11.8. The van der Waals surface area contributed by atoms with E-state index >= 15 is 0 Å². The molecule has 1 aliphatic carbocycles. The van der Waals surface area contributed by atoms with Gasteiger partial charge >= 0.3 is 5.97 Å². The normalized spacial score (nSPS) is 29.9. The highest BCUT2D eigenvalue weighted by molar-refractivity contribution is 5.89. The highest BCUT2D eigenvalue weighted by Gasteiger charge is 2.59. The van der Waals surface area contributed by atoms with Crippen molar-refractivity contribution in [1.82, 2.24) is 0 Å². The van der Waals surface area contributed by atoms with E-state index in [1.807, 2.05) is 37.3 Å². The van der Waals surface area contributed by atoms with Crippen LogP contribution in [-0.4, -0.2) is 28.6 Å². The van der Waals surface area contributed by atoms with Crippen molar-refractivity contribution in [1.29, 1.82) is 0 Å². The molecular weight excluding hydrogens is 268 g/mol. The number of ether oxygens (including phenoxy) is 2. The molecule has 4 heteroatoms.